The molecule has 4 heteroatoms. The van der Waals surface area contributed by atoms with E-state index in [0.717, 1.165) is 11.8 Å². The number of hydrogen-bond donors (Lipinski definition) is 0. The second-order valence-electron chi connectivity index (χ2n) is 6.79. The van der Waals surface area contributed by atoms with Crippen LogP contribution in [0.2, 0.25) is 0 Å². The zero-order chi connectivity index (χ0) is 18.2. The summed E-state index contributed by atoms with van der Waals surface area (Å²) in [6.45, 7) is 22.6. The Kier molecular flexibility index (Phi) is 9.90. The van der Waals surface area contributed by atoms with E-state index in [1.807, 2.05) is 13.8 Å². The van der Waals surface area contributed by atoms with Crippen molar-refractivity contribution in [1.29, 1.82) is 0 Å². The first-order chi connectivity index (χ1) is 10.7. The van der Waals surface area contributed by atoms with Crippen molar-refractivity contribution in [1.82, 2.24) is 9.80 Å². The van der Waals surface area contributed by atoms with Crippen LogP contribution < -0.4 is 0 Å². The van der Waals surface area contributed by atoms with E-state index < -0.39 is 0 Å². The Morgan fingerprint density at radius 2 is 0.913 bits per heavy atom. The normalized spacial score (nSPS) is 11.0. The van der Waals surface area contributed by atoms with Gasteiger partial charge in [-0.05, 0) is 69.2 Å². The standard InChI is InChI=1S/C19H38N2O2/c1-11-22-18(20(14(3)4)15(5)6)13-19(23-12-2)21(16(7)8)17(9)10/h14-17H,11-12H2,1-10H3. The molecule has 0 heterocycles. The molecule has 0 spiro atoms. The summed E-state index contributed by atoms with van der Waals surface area (Å²) in [7, 11) is 0. The molecule has 0 amide bonds. The molecule has 0 aliphatic heterocycles. The van der Waals surface area contributed by atoms with Gasteiger partial charge in [0.2, 0.25) is 11.8 Å². The molecule has 0 rings (SSSR count). The number of ether oxygens (including phenoxy) is 2. The van der Waals surface area contributed by atoms with E-state index in [0.29, 0.717) is 37.4 Å². The van der Waals surface area contributed by atoms with Crippen molar-refractivity contribution in [3.05, 3.63) is 17.5 Å². The zero-order valence-electron chi connectivity index (χ0n) is 16.9. The Bertz CT molecular complexity index is 344. The first-order valence-corrected chi connectivity index (χ1v) is 9.00. The average Bonchev–Trinajstić information content (AvgIpc) is 2.37. The van der Waals surface area contributed by atoms with Crippen LogP contribution in [-0.2, 0) is 9.47 Å². The minimum absolute atomic E-state index is 0.332. The highest BCUT2D eigenvalue weighted by atomic mass is 16.5. The van der Waals surface area contributed by atoms with Crippen LogP contribution >= 0.6 is 0 Å². The monoisotopic (exact) mass is 326 g/mol. The van der Waals surface area contributed by atoms with E-state index in [2.05, 4.69) is 70.9 Å². The van der Waals surface area contributed by atoms with Crippen molar-refractivity contribution >= 4 is 0 Å². The number of rotatable bonds is 10. The van der Waals surface area contributed by atoms with Gasteiger partial charge in [-0.3, -0.25) is 0 Å². The Morgan fingerprint density at radius 3 is 1.09 bits per heavy atom. The lowest BCUT2D eigenvalue weighted by molar-refractivity contribution is 0.0652. The van der Waals surface area contributed by atoms with Crippen LogP contribution in [0.5, 0.6) is 0 Å². The van der Waals surface area contributed by atoms with Gasteiger partial charge in [0, 0.05) is 29.9 Å². The van der Waals surface area contributed by atoms with Crippen molar-refractivity contribution in [2.75, 3.05) is 13.2 Å². The minimum atomic E-state index is 0.332. The molecule has 4 nitrogen and oxygen atoms in total. The van der Waals surface area contributed by atoms with E-state index in [1.165, 1.54) is 0 Å². The highest BCUT2D eigenvalue weighted by Crippen LogP contribution is 2.19. The van der Waals surface area contributed by atoms with Gasteiger partial charge in [-0.2, -0.15) is 0 Å². The number of hydrogen-bond acceptors (Lipinski definition) is 4. The van der Waals surface area contributed by atoms with Crippen LogP contribution in [0.3, 0.4) is 0 Å². The molecule has 0 saturated heterocycles. The lowest BCUT2D eigenvalue weighted by atomic mass is 10.2. The third-order valence-corrected chi connectivity index (χ3v) is 3.47. The summed E-state index contributed by atoms with van der Waals surface area (Å²) in [5.74, 6) is 1.51. The van der Waals surface area contributed by atoms with Gasteiger partial charge in [0.25, 0.3) is 0 Å². The van der Waals surface area contributed by atoms with Gasteiger partial charge in [0.05, 0.1) is 13.2 Å². The molecule has 0 N–H and O–H groups in total. The molecule has 0 aromatic heterocycles. The molecule has 0 atom stereocenters. The van der Waals surface area contributed by atoms with E-state index in [9.17, 15) is 0 Å². The molecule has 0 bridgehead atoms. The Labute approximate surface area is 144 Å². The largest absolute Gasteiger partial charge is 0.473 e. The first kappa shape index (κ1) is 21.7. The molecule has 0 radical (unpaired) electrons. The molecule has 23 heavy (non-hydrogen) atoms. The van der Waals surface area contributed by atoms with Gasteiger partial charge < -0.3 is 19.3 Å². The van der Waals surface area contributed by atoms with Gasteiger partial charge in [-0.25, -0.2) is 0 Å². The van der Waals surface area contributed by atoms with E-state index in [-0.39, 0.29) is 0 Å². The molecular weight excluding hydrogens is 288 g/mol. The molecule has 0 fully saturated rings. The van der Waals surface area contributed by atoms with Crippen molar-refractivity contribution in [3.8, 4) is 0 Å². The summed E-state index contributed by atoms with van der Waals surface area (Å²) in [5, 5.41) is 0. The smallest absolute Gasteiger partial charge is 0.241 e. The molecule has 0 aromatic carbocycles. The van der Waals surface area contributed by atoms with Gasteiger partial charge in [0.1, 0.15) is 0 Å². The average molecular weight is 327 g/mol. The molecule has 0 aromatic rings. The summed E-state index contributed by atoms with van der Waals surface area (Å²) < 4.78 is 11.8. The fourth-order valence-corrected chi connectivity index (χ4v) is 2.85. The van der Waals surface area contributed by atoms with Crippen molar-refractivity contribution in [2.24, 2.45) is 0 Å². The maximum absolute atomic E-state index is 5.92. The van der Waals surface area contributed by atoms with Crippen molar-refractivity contribution < 1.29 is 9.47 Å². The van der Waals surface area contributed by atoms with Crippen LogP contribution in [0.1, 0.15) is 69.2 Å². The minimum Gasteiger partial charge on any atom is -0.473 e. The molecule has 0 aliphatic carbocycles. The van der Waals surface area contributed by atoms with Crippen molar-refractivity contribution in [3.63, 3.8) is 0 Å². The van der Waals surface area contributed by atoms with Crippen LogP contribution in [0.15, 0.2) is 17.5 Å². The van der Waals surface area contributed by atoms with Gasteiger partial charge in [-0.15, -0.1) is 0 Å². The Hall–Kier alpha value is -1.28. The fourth-order valence-electron chi connectivity index (χ4n) is 2.85. The highest BCUT2D eigenvalue weighted by molar-refractivity contribution is 5.03. The predicted molar refractivity (Wildman–Crippen MR) is 98.0 cm³/mol. The second-order valence-corrected chi connectivity index (χ2v) is 6.79. The topological polar surface area (TPSA) is 24.9 Å². The third kappa shape index (κ3) is 6.78. The summed E-state index contributed by atoms with van der Waals surface area (Å²) in [5.41, 5.74) is 3.42. The lowest BCUT2D eigenvalue weighted by Gasteiger charge is -2.35. The lowest BCUT2D eigenvalue weighted by Crippen LogP contribution is -2.39. The van der Waals surface area contributed by atoms with Gasteiger partial charge >= 0.3 is 0 Å². The van der Waals surface area contributed by atoms with Crippen LogP contribution in [0, 0.1) is 0 Å². The predicted octanol–water partition coefficient (Wildman–Crippen LogP) is 4.58. The second kappa shape index (κ2) is 10.5. The Balaban J connectivity index is 6.17. The van der Waals surface area contributed by atoms with Gasteiger partial charge in [0.15, 0.2) is 0 Å². The molecule has 0 unspecified atom stereocenters. The molecular formula is C19H38N2O2. The van der Waals surface area contributed by atoms with E-state index >= 15 is 0 Å². The van der Waals surface area contributed by atoms with Crippen molar-refractivity contribution in [2.45, 2.75) is 93.4 Å². The summed E-state index contributed by atoms with van der Waals surface area (Å²) in [4.78, 5) is 4.47. The zero-order valence-corrected chi connectivity index (χ0v) is 16.9. The first-order valence-electron chi connectivity index (χ1n) is 9.00. The summed E-state index contributed by atoms with van der Waals surface area (Å²) >= 11 is 0. The maximum Gasteiger partial charge on any atom is 0.241 e. The van der Waals surface area contributed by atoms with Crippen LogP contribution in [0.4, 0.5) is 0 Å². The number of nitrogens with zero attached hydrogens (tertiary/aromatic N) is 2. The maximum atomic E-state index is 5.92. The van der Waals surface area contributed by atoms with Crippen LogP contribution in [0.25, 0.3) is 0 Å². The molecule has 136 valence electrons. The Morgan fingerprint density at radius 1 is 0.652 bits per heavy atom. The summed E-state index contributed by atoms with van der Waals surface area (Å²) in [6.07, 6.45) is 0. The summed E-state index contributed by atoms with van der Waals surface area (Å²) in [6, 6.07) is 1.33. The quantitative estimate of drug-likeness (QED) is 0.433. The SMILES string of the molecule is CCOC(=C=C(OCC)N(C(C)C)C(C)C)N(C(C)C)C(C)C. The third-order valence-electron chi connectivity index (χ3n) is 3.47. The van der Waals surface area contributed by atoms with E-state index in [1.54, 1.807) is 0 Å². The fraction of sp³-hybridized carbons (Fsp3) is 0.842. The van der Waals surface area contributed by atoms with Crippen LogP contribution in [-0.4, -0.2) is 47.2 Å². The molecule has 0 aliphatic rings. The van der Waals surface area contributed by atoms with E-state index in [4.69, 9.17) is 9.47 Å². The van der Waals surface area contributed by atoms with Gasteiger partial charge in [-0.1, -0.05) is 0 Å². The highest BCUT2D eigenvalue weighted by Gasteiger charge is 2.22. The molecule has 0 saturated carbocycles.